The van der Waals surface area contributed by atoms with Gasteiger partial charge in [0.05, 0.1) is 12.7 Å². The van der Waals surface area contributed by atoms with Gasteiger partial charge >= 0.3 is 0 Å². The number of nitrogens with one attached hydrogen (secondary N) is 1. The molecule has 2 rings (SSSR count). The first-order valence-electron chi connectivity index (χ1n) is 8.60. The minimum absolute atomic E-state index is 0.473. The highest BCUT2D eigenvalue weighted by molar-refractivity contribution is 5.22. The van der Waals surface area contributed by atoms with Gasteiger partial charge in [-0.25, -0.2) is 0 Å². The van der Waals surface area contributed by atoms with E-state index in [1.54, 1.807) is 0 Å². The SMILES string of the molecule is CCC1CCCC(OCc2cccc(CNC(C)C)c2)C1. The summed E-state index contributed by atoms with van der Waals surface area (Å²) in [6, 6.07) is 9.31. The van der Waals surface area contributed by atoms with Crippen molar-refractivity contribution >= 4 is 0 Å². The Kier molecular flexibility index (Phi) is 6.72. The number of hydrogen-bond acceptors (Lipinski definition) is 2. The lowest BCUT2D eigenvalue weighted by atomic mass is 9.85. The Morgan fingerprint density at radius 3 is 2.81 bits per heavy atom. The highest BCUT2D eigenvalue weighted by Crippen LogP contribution is 2.28. The van der Waals surface area contributed by atoms with Gasteiger partial charge in [-0.2, -0.15) is 0 Å². The maximum Gasteiger partial charge on any atom is 0.0720 e. The minimum Gasteiger partial charge on any atom is -0.374 e. The van der Waals surface area contributed by atoms with Crippen molar-refractivity contribution in [3.05, 3.63) is 35.4 Å². The smallest absolute Gasteiger partial charge is 0.0720 e. The molecule has 1 aromatic carbocycles. The third-order valence-corrected chi connectivity index (χ3v) is 4.50. The van der Waals surface area contributed by atoms with Crippen LogP contribution in [0.4, 0.5) is 0 Å². The Bertz CT molecular complexity index is 416. The molecule has 2 nitrogen and oxygen atoms in total. The number of benzene rings is 1. The molecule has 0 radical (unpaired) electrons. The average Bonchev–Trinajstić information content (AvgIpc) is 2.51. The predicted molar refractivity (Wildman–Crippen MR) is 89.2 cm³/mol. The van der Waals surface area contributed by atoms with Gasteiger partial charge < -0.3 is 10.1 Å². The molecule has 1 aliphatic rings. The molecule has 0 amide bonds. The number of hydrogen-bond donors (Lipinski definition) is 1. The summed E-state index contributed by atoms with van der Waals surface area (Å²) in [7, 11) is 0. The number of ether oxygens (including phenoxy) is 1. The second-order valence-corrected chi connectivity index (χ2v) is 6.73. The van der Waals surface area contributed by atoms with E-state index in [9.17, 15) is 0 Å². The van der Waals surface area contributed by atoms with Crippen LogP contribution >= 0.6 is 0 Å². The molecule has 1 aromatic rings. The molecule has 2 unspecified atom stereocenters. The van der Waals surface area contributed by atoms with Crippen molar-refractivity contribution < 1.29 is 4.74 Å². The van der Waals surface area contributed by atoms with E-state index in [-0.39, 0.29) is 0 Å². The van der Waals surface area contributed by atoms with Crippen LogP contribution in [0.1, 0.15) is 64.0 Å². The third-order valence-electron chi connectivity index (χ3n) is 4.50. The van der Waals surface area contributed by atoms with E-state index in [2.05, 4.69) is 50.4 Å². The molecule has 1 saturated carbocycles. The molecule has 2 heteroatoms. The normalized spacial score (nSPS) is 22.7. The lowest BCUT2D eigenvalue weighted by molar-refractivity contribution is 0.00174. The number of rotatable bonds is 7. The Morgan fingerprint density at radius 1 is 1.24 bits per heavy atom. The first-order chi connectivity index (χ1) is 10.2. The summed E-state index contributed by atoms with van der Waals surface area (Å²) in [5.41, 5.74) is 2.65. The molecule has 21 heavy (non-hydrogen) atoms. The molecule has 0 bridgehead atoms. The molecule has 2 atom stereocenters. The van der Waals surface area contributed by atoms with Crippen molar-refractivity contribution in [3.8, 4) is 0 Å². The van der Waals surface area contributed by atoms with Gasteiger partial charge in [0.25, 0.3) is 0 Å². The second kappa shape index (κ2) is 8.55. The van der Waals surface area contributed by atoms with Gasteiger partial charge in [-0.15, -0.1) is 0 Å². The van der Waals surface area contributed by atoms with Crippen molar-refractivity contribution in [1.29, 1.82) is 0 Å². The fourth-order valence-electron chi connectivity index (χ4n) is 3.13. The highest BCUT2D eigenvalue weighted by Gasteiger charge is 2.21. The van der Waals surface area contributed by atoms with Crippen molar-refractivity contribution in [3.63, 3.8) is 0 Å². The fraction of sp³-hybridized carbons (Fsp3) is 0.684. The van der Waals surface area contributed by atoms with E-state index in [0.29, 0.717) is 12.1 Å². The van der Waals surface area contributed by atoms with Crippen LogP contribution < -0.4 is 5.32 Å². The molecule has 0 aliphatic heterocycles. The summed E-state index contributed by atoms with van der Waals surface area (Å²) < 4.78 is 6.16. The summed E-state index contributed by atoms with van der Waals surface area (Å²) >= 11 is 0. The molecule has 0 spiro atoms. The zero-order chi connectivity index (χ0) is 15.1. The van der Waals surface area contributed by atoms with E-state index >= 15 is 0 Å². The lowest BCUT2D eigenvalue weighted by Crippen LogP contribution is -2.23. The van der Waals surface area contributed by atoms with Crippen LogP contribution in [0.15, 0.2) is 24.3 Å². The van der Waals surface area contributed by atoms with Crippen molar-refractivity contribution in [2.24, 2.45) is 5.92 Å². The standard InChI is InChI=1S/C19H31NO/c1-4-16-7-6-10-19(12-16)21-14-18-9-5-8-17(11-18)13-20-15(2)3/h5,8-9,11,15-16,19-20H,4,6-7,10,12-14H2,1-3H3. The molecule has 0 heterocycles. The van der Waals surface area contributed by atoms with Crippen LogP contribution in [0.25, 0.3) is 0 Å². The fourth-order valence-corrected chi connectivity index (χ4v) is 3.13. The topological polar surface area (TPSA) is 21.3 Å². The minimum atomic E-state index is 0.473. The van der Waals surface area contributed by atoms with E-state index in [0.717, 1.165) is 19.1 Å². The van der Waals surface area contributed by atoms with E-state index < -0.39 is 0 Å². The summed E-state index contributed by atoms with van der Waals surface area (Å²) in [6.07, 6.45) is 7.00. The molecule has 1 aliphatic carbocycles. The summed E-state index contributed by atoms with van der Waals surface area (Å²) in [6.45, 7) is 8.36. The van der Waals surface area contributed by atoms with Crippen molar-refractivity contribution in [2.75, 3.05) is 0 Å². The van der Waals surface area contributed by atoms with Gasteiger partial charge in [-0.05, 0) is 29.9 Å². The molecular weight excluding hydrogens is 258 g/mol. The Labute approximate surface area is 130 Å². The quantitative estimate of drug-likeness (QED) is 0.787. The predicted octanol–water partition coefficient (Wildman–Crippen LogP) is 4.67. The molecular formula is C19H31NO. The Balaban J connectivity index is 1.81. The summed E-state index contributed by atoms with van der Waals surface area (Å²) in [5, 5.41) is 3.47. The van der Waals surface area contributed by atoms with Crippen LogP contribution in [0.5, 0.6) is 0 Å². The monoisotopic (exact) mass is 289 g/mol. The van der Waals surface area contributed by atoms with Crippen LogP contribution in [0.2, 0.25) is 0 Å². The third kappa shape index (κ3) is 5.80. The van der Waals surface area contributed by atoms with Gasteiger partial charge in [0, 0.05) is 12.6 Å². The van der Waals surface area contributed by atoms with Gasteiger partial charge in [0.15, 0.2) is 0 Å². The summed E-state index contributed by atoms with van der Waals surface area (Å²) in [5.74, 6) is 0.880. The largest absolute Gasteiger partial charge is 0.374 e. The van der Waals surface area contributed by atoms with E-state index in [1.807, 2.05) is 0 Å². The maximum atomic E-state index is 6.16. The maximum absolute atomic E-state index is 6.16. The first kappa shape index (κ1) is 16.5. The van der Waals surface area contributed by atoms with Gasteiger partial charge in [-0.1, -0.05) is 64.3 Å². The molecule has 118 valence electrons. The van der Waals surface area contributed by atoms with Crippen LogP contribution in [-0.4, -0.2) is 12.1 Å². The molecule has 1 fully saturated rings. The van der Waals surface area contributed by atoms with Crippen LogP contribution in [0.3, 0.4) is 0 Å². The van der Waals surface area contributed by atoms with Crippen molar-refractivity contribution in [1.82, 2.24) is 5.32 Å². The molecule has 0 saturated heterocycles. The Morgan fingerprint density at radius 2 is 2.05 bits per heavy atom. The van der Waals surface area contributed by atoms with Gasteiger partial charge in [0.1, 0.15) is 0 Å². The second-order valence-electron chi connectivity index (χ2n) is 6.73. The van der Waals surface area contributed by atoms with Gasteiger partial charge in [-0.3, -0.25) is 0 Å². The average molecular weight is 289 g/mol. The molecule has 1 N–H and O–H groups in total. The van der Waals surface area contributed by atoms with Crippen LogP contribution in [-0.2, 0) is 17.9 Å². The zero-order valence-electron chi connectivity index (χ0n) is 13.9. The van der Waals surface area contributed by atoms with Crippen molar-refractivity contribution in [2.45, 2.75) is 78.2 Å². The lowest BCUT2D eigenvalue weighted by Gasteiger charge is -2.28. The van der Waals surface area contributed by atoms with Crippen LogP contribution in [0, 0.1) is 5.92 Å². The first-order valence-corrected chi connectivity index (χ1v) is 8.60. The van der Waals surface area contributed by atoms with Gasteiger partial charge in [0.2, 0.25) is 0 Å². The highest BCUT2D eigenvalue weighted by atomic mass is 16.5. The van der Waals surface area contributed by atoms with E-state index in [1.165, 1.54) is 43.2 Å². The summed E-state index contributed by atoms with van der Waals surface area (Å²) in [4.78, 5) is 0. The zero-order valence-corrected chi connectivity index (χ0v) is 13.9. The molecule has 0 aromatic heterocycles. The Hall–Kier alpha value is -0.860. The van der Waals surface area contributed by atoms with E-state index in [4.69, 9.17) is 4.74 Å².